The van der Waals surface area contributed by atoms with Gasteiger partial charge in [-0.25, -0.2) is 17.2 Å². The Balaban J connectivity index is 1.80. The van der Waals surface area contributed by atoms with Crippen molar-refractivity contribution in [2.75, 3.05) is 22.6 Å². The van der Waals surface area contributed by atoms with Crippen molar-refractivity contribution in [3.63, 3.8) is 0 Å². The molecule has 2 rings (SSSR count). The molecule has 1 fully saturated rings. The van der Waals surface area contributed by atoms with Crippen LogP contribution in [-0.2, 0) is 24.2 Å². The van der Waals surface area contributed by atoms with E-state index in [-0.39, 0.29) is 28.2 Å². The van der Waals surface area contributed by atoms with Gasteiger partial charge in [-0.3, -0.25) is 9.59 Å². The molecule has 0 saturated carbocycles. The van der Waals surface area contributed by atoms with Crippen LogP contribution >= 0.6 is 11.8 Å². The molecule has 1 aromatic rings. The molecule has 6 nitrogen and oxygen atoms in total. The number of ether oxygens (including phenoxy) is 1. The van der Waals surface area contributed by atoms with E-state index in [0.717, 1.165) is 30.0 Å². The highest BCUT2D eigenvalue weighted by molar-refractivity contribution is 8.02. The van der Waals surface area contributed by atoms with Crippen molar-refractivity contribution in [3.05, 3.63) is 29.8 Å². The van der Waals surface area contributed by atoms with Crippen LogP contribution in [0, 0.1) is 11.6 Å². The van der Waals surface area contributed by atoms with Gasteiger partial charge >= 0.3 is 5.97 Å². The molecular formula is C15H17F2NO5S2. The van der Waals surface area contributed by atoms with Crippen molar-refractivity contribution in [2.24, 2.45) is 0 Å². The number of halogens is 2. The number of carbonyl (C=O) groups excluding carboxylic acids is 2. The summed E-state index contributed by atoms with van der Waals surface area (Å²) < 4.78 is 54.1. The summed E-state index contributed by atoms with van der Waals surface area (Å²) in [7, 11) is -3.03. The van der Waals surface area contributed by atoms with E-state index in [1.54, 1.807) is 0 Å². The smallest absolute Gasteiger partial charge is 0.316 e. The molecule has 1 N–H and O–H groups in total. The molecular weight excluding hydrogens is 376 g/mol. The van der Waals surface area contributed by atoms with Crippen LogP contribution in [0.25, 0.3) is 0 Å². The Labute approximate surface area is 148 Å². The van der Waals surface area contributed by atoms with Crippen molar-refractivity contribution >= 4 is 39.2 Å². The van der Waals surface area contributed by atoms with Gasteiger partial charge in [0.05, 0.1) is 22.9 Å². The number of hydrogen-bond acceptors (Lipinski definition) is 6. The number of benzene rings is 1. The Morgan fingerprint density at radius 1 is 1.40 bits per heavy atom. The van der Waals surface area contributed by atoms with Crippen LogP contribution in [0.2, 0.25) is 0 Å². The molecule has 1 heterocycles. The van der Waals surface area contributed by atoms with Crippen LogP contribution in [0.1, 0.15) is 13.3 Å². The molecule has 0 aliphatic carbocycles. The minimum absolute atomic E-state index is 0.0276. The maximum atomic E-state index is 13.5. The lowest BCUT2D eigenvalue weighted by Gasteiger charge is -2.14. The van der Waals surface area contributed by atoms with Crippen LogP contribution < -0.4 is 5.32 Å². The van der Waals surface area contributed by atoms with E-state index in [9.17, 15) is 26.8 Å². The van der Waals surface area contributed by atoms with Gasteiger partial charge in [-0.1, -0.05) is 0 Å². The molecule has 25 heavy (non-hydrogen) atoms. The highest BCUT2D eigenvalue weighted by Gasteiger charge is 2.29. The number of anilines is 1. The fourth-order valence-electron chi connectivity index (χ4n) is 2.19. The highest BCUT2D eigenvalue weighted by atomic mass is 32.2. The van der Waals surface area contributed by atoms with Crippen molar-refractivity contribution in [3.8, 4) is 0 Å². The average Bonchev–Trinajstić information content (AvgIpc) is 2.88. The minimum Gasteiger partial charge on any atom is -0.452 e. The van der Waals surface area contributed by atoms with E-state index in [4.69, 9.17) is 4.74 Å². The Morgan fingerprint density at radius 2 is 2.12 bits per heavy atom. The fourth-order valence-corrected chi connectivity index (χ4v) is 5.61. The molecule has 1 aromatic carbocycles. The third-order valence-corrected chi connectivity index (χ3v) is 6.75. The summed E-state index contributed by atoms with van der Waals surface area (Å²) in [5.74, 6) is -2.97. The molecule has 1 amide bonds. The summed E-state index contributed by atoms with van der Waals surface area (Å²) >= 11 is 1.16. The molecule has 2 atom stereocenters. The number of sulfone groups is 1. The first-order valence-corrected chi connectivity index (χ1v) is 10.3. The maximum absolute atomic E-state index is 13.5. The lowest BCUT2D eigenvalue weighted by molar-refractivity contribution is -0.150. The van der Waals surface area contributed by atoms with E-state index in [0.29, 0.717) is 6.42 Å². The Bertz CT molecular complexity index is 769. The number of nitrogens with one attached hydrogen (secondary N) is 1. The van der Waals surface area contributed by atoms with Gasteiger partial charge in [0.1, 0.15) is 11.6 Å². The highest BCUT2D eigenvalue weighted by Crippen LogP contribution is 2.24. The topological polar surface area (TPSA) is 89.5 Å². The molecule has 0 aromatic heterocycles. The van der Waals surface area contributed by atoms with Gasteiger partial charge in [0, 0.05) is 11.3 Å². The predicted molar refractivity (Wildman–Crippen MR) is 90.1 cm³/mol. The minimum atomic E-state index is -3.03. The second-order valence-corrected chi connectivity index (χ2v) is 9.10. The van der Waals surface area contributed by atoms with E-state index < -0.39 is 39.5 Å². The van der Waals surface area contributed by atoms with Crippen LogP contribution in [-0.4, -0.2) is 48.9 Å². The third kappa shape index (κ3) is 5.96. The lowest BCUT2D eigenvalue weighted by Crippen LogP contribution is -2.31. The number of hydrogen-bond donors (Lipinski definition) is 1. The molecule has 138 valence electrons. The summed E-state index contributed by atoms with van der Waals surface area (Å²) in [5.41, 5.74) is -0.349. The molecule has 0 unspecified atom stereocenters. The number of rotatable bonds is 6. The summed E-state index contributed by atoms with van der Waals surface area (Å²) in [4.78, 5) is 23.6. The van der Waals surface area contributed by atoms with Gasteiger partial charge in [-0.05, 0) is 25.5 Å². The summed E-state index contributed by atoms with van der Waals surface area (Å²) in [5, 5.41) is 1.98. The maximum Gasteiger partial charge on any atom is 0.316 e. The van der Waals surface area contributed by atoms with Gasteiger partial charge in [0.15, 0.2) is 15.9 Å². The molecule has 1 saturated heterocycles. The predicted octanol–water partition coefficient (Wildman–Crippen LogP) is 1.76. The van der Waals surface area contributed by atoms with Crippen LogP contribution in [0.5, 0.6) is 0 Å². The Hall–Kier alpha value is -1.68. The van der Waals surface area contributed by atoms with Gasteiger partial charge in [-0.2, -0.15) is 0 Å². The molecule has 0 bridgehead atoms. The molecule has 0 spiro atoms. The average molecular weight is 393 g/mol. The number of thioether (sulfide) groups is 1. The van der Waals surface area contributed by atoms with Crippen molar-refractivity contribution in [2.45, 2.75) is 24.7 Å². The van der Waals surface area contributed by atoms with Crippen LogP contribution in [0.15, 0.2) is 18.2 Å². The van der Waals surface area contributed by atoms with Crippen molar-refractivity contribution < 1.29 is 31.5 Å². The van der Waals surface area contributed by atoms with Crippen LogP contribution in [0.3, 0.4) is 0 Å². The zero-order valence-electron chi connectivity index (χ0n) is 13.3. The van der Waals surface area contributed by atoms with Gasteiger partial charge in [0.2, 0.25) is 0 Å². The Kier molecular flexibility index (Phi) is 6.39. The Morgan fingerprint density at radius 3 is 2.76 bits per heavy atom. The summed E-state index contributed by atoms with van der Waals surface area (Å²) in [6, 6.07) is 2.60. The second-order valence-electron chi connectivity index (χ2n) is 5.58. The quantitative estimate of drug-likeness (QED) is 0.741. The van der Waals surface area contributed by atoms with Gasteiger partial charge < -0.3 is 10.1 Å². The number of esters is 1. The fraction of sp³-hybridized carbons (Fsp3) is 0.467. The van der Waals surface area contributed by atoms with E-state index in [1.165, 1.54) is 6.92 Å². The van der Waals surface area contributed by atoms with Crippen molar-refractivity contribution in [1.29, 1.82) is 0 Å². The largest absolute Gasteiger partial charge is 0.452 e. The third-order valence-electron chi connectivity index (χ3n) is 3.49. The normalized spacial score (nSPS) is 20.0. The van der Waals surface area contributed by atoms with Crippen molar-refractivity contribution in [1.82, 2.24) is 0 Å². The number of amides is 1. The van der Waals surface area contributed by atoms with E-state index in [2.05, 4.69) is 5.32 Å². The van der Waals surface area contributed by atoms with Crippen LogP contribution in [0.4, 0.5) is 14.5 Å². The summed E-state index contributed by atoms with van der Waals surface area (Å²) in [6.45, 7) is 1.30. The molecule has 1 aliphatic rings. The first-order chi connectivity index (χ1) is 11.7. The molecule has 0 radical (unpaired) electrons. The van der Waals surface area contributed by atoms with Gasteiger partial charge in [-0.15, -0.1) is 11.8 Å². The number of carbonyl (C=O) groups is 2. The SMILES string of the molecule is C[C@H](OC(=O)CS[C@@H]1CCS(=O)(=O)C1)C(=O)Nc1cc(F)ccc1F. The van der Waals surface area contributed by atoms with Gasteiger partial charge in [0.25, 0.3) is 5.91 Å². The first-order valence-electron chi connectivity index (χ1n) is 7.44. The van der Waals surface area contributed by atoms with E-state index in [1.807, 2.05) is 0 Å². The van der Waals surface area contributed by atoms with E-state index >= 15 is 0 Å². The zero-order valence-corrected chi connectivity index (χ0v) is 15.0. The monoisotopic (exact) mass is 393 g/mol. The first kappa shape index (κ1) is 19.6. The zero-order chi connectivity index (χ0) is 18.6. The summed E-state index contributed by atoms with van der Waals surface area (Å²) in [6.07, 6.45) is -0.724. The molecule has 10 heteroatoms. The lowest BCUT2D eigenvalue weighted by atomic mass is 10.2. The molecule has 1 aliphatic heterocycles. The second kappa shape index (κ2) is 8.13. The standard InChI is InChI=1S/C15H17F2NO5S2/c1-9(15(20)18-13-6-10(16)2-3-12(13)17)23-14(19)7-24-11-4-5-25(21,22)8-11/h2-3,6,9,11H,4-5,7-8H2,1H3,(H,18,20)/t9-,11+/m0/s1.